The molecule has 1 unspecified atom stereocenters. The molecule has 0 saturated heterocycles. The Morgan fingerprint density at radius 2 is 2.11 bits per heavy atom. The normalized spacial score (nSPS) is 12.4. The van der Waals surface area contributed by atoms with Gasteiger partial charge in [0.2, 0.25) is 0 Å². The molecule has 0 aliphatic carbocycles. The van der Waals surface area contributed by atoms with Crippen molar-refractivity contribution in [3.05, 3.63) is 21.9 Å². The van der Waals surface area contributed by atoms with Crippen LogP contribution in [-0.4, -0.2) is 19.1 Å². The zero-order chi connectivity index (χ0) is 14.1. The molecular weight excluding hydrogens is 258 g/mol. The number of esters is 1. The van der Waals surface area contributed by atoms with Gasteiger partial charge >= 0.3 is 5.97 Å². The van der Waals surface area contributed by atoms with Gasteiger partial charge in [0.05, 0.1) is 13.5 Å². The minimum absolute atomic E-state index is 0.172. The maximum Gasteiger partial charge on any atom is 0.310 e. The molecule has 1 rings (SSSR count). The fourth-order valence-corrected chi connectivity index (χ4v) is 2.86. The van der Waals surface area contributed by atoms with Gasteiger partial charge in [-0.3, -0.25) is 4.79 Å². The molecule has 108 valence electrons. The molecule has 0 aromatic carbocycles. The molecule has 0 radical (unpaired) electrons. The van der Waals surface area contributed by atoms with E-state index < -0.39 is 0 Å². The molecule has 0 spiro atoms. The van der Waals surface area contributed by atoms with Gasteiger partial charge in [-0.15, -0.1) is 11.3 Å². The van der Waals surface area contributed by atoms with Crippen molar-refractivity contribution in [1.82, 2.24) is 5.32 Å². The third-order valence-electron chi connectivity index (χ3n) is 3.13. The average Bonchev–Trinajstić information content (AvgIpc) is 2.84. The molecule has 1 aromatic rings. The minimum Gasteiger partial charge on any atom is -0.469 e. The second-order valence-corrected chi connectivity index (χ2v) is 6.15. The first kappa shape index (κ1) is 16.2. The van der Waals surface area contributed by atoms with Crippen molar-refractivity contribution in [1.29, 1.82) is 0 Å². The van der Waals surface area contributed by atoms with Gasteiger partial charge in [0.1, 0.15) is 0 Å². The highest BCUT2D eigenvalue weighted by atomic mass is 32.1. The number of hydrogen-bond acceptors (Lipinski definition) is 4. The summed E-state index contributed by atoms with van der Waals surface area (Å²) in [7, 11) is 1.43. The van der Waals surface area contributed by atoms with E-state index in [2.05, 4.69) is 30.0 Å². The third-order valence-corrected chi connectivity index (χ3v) is 4.21. The van der Waals surface area contributed by atoms with E-state index in [-0.39, 0.29) is 5.97 Å². The molecule has 0 aliphatic rings. The second kappa shape index (κ2) is 9.10. The summed E-state index contributed by atoms with van der Waals surface area (Å²) in [6.07, 6.45) is 5.49. The summed E-state index contributed by atoms with van der Waals surface area (Å²) in [5.41, 5.74) is 0. The SMILES string of the molecule is CCCCCC(C)NCc1ccc(CC(=O)OC)s1. The van der Waals surface area contributed by atoms with Crippen LogP contribution in [0.3, 0.4) is 0 Å². The number of carbonyl (C=O) groups is 1. The van der Waals surface area contributed by atoms with Crippen LogP contribution in [0.4, 0.5) is 0 Å². The highest BCUT2D eigenvalue weighted by Crippen LogP contribution is 2.17. The van der Waals surface area contributed by atoms with Crippen LogP contribution < -0.4 is 5.32 Å². The lowest BCUT2D eigenvalue weighted by molar-refractivity contribution is -0.139. The lowest BCUT2D eigenvalue weighted by Crippen LogP contribution is -2.24. The van der Waals surface area contributed by atoms with E-state index in [1.54, 1.807) is 11.3 Å². The standard InChI is InChI=1S/C15H25NO2S/c1-4-5-6-7-12(2)16-11-14-9-8-13(19-14)10-15(17)18-3/h8-9,12,16H,4-7,10-11H2,1-3H3. The van der Waals surface area contributed by atoms with Crippen LogP contribution in [0.2, 0.25) is 0 Å². The third kappa shape index (κ3) is 6.73. The molecule has 0 bridgehead atoms. The first-order valence-corrected chi connectivity index (χ1v) is 7.85. The Hall–Kier alpha value is -0.870. The topological polar surface area (TPSA) is 38.3 Å². The lowest BCUT2D eigenvalue weighted by atomic mass is 10.1. The van der Waals surface area contributed by atoms with E-state index in [1.807, 2.05) is 6.07 Å². The molecule has 0 fully saturated rings. The fourth-order valence-electron chi connectivity index (χ4n) is 1.90. The Bertz CT molecular complexity index is 376. The average molecular weight is 283 g/mol. The van der Waals surface area contributed by atoms with E-state index in [4.69, 9.17) is 0 Å². The predicted octanol–water partition coefficient (Wildman–Crippen LogP) is 3.52. The monoisotopic (exact) mass is 283 g/mol. The zero-order valence-corrected chi connectivity index (χ0v) is 13.0. The Labute approximate surface area is 120 Å². The van der Waals surface area contributed by atoms with Crippen LogP contribution in [0.5, 0.6) is 0 Å². The number of carbonyl (C=O) groups excluding carboxylic acids is 1. The maximum atomic E-state index is 11.2. The van der Waals surface area contributed by atoms with Crippen molar-refractivity contribution < 1.29 is 9.53 Å². The molecule has 4 heteroatoms. The van der Waals surface area contributed by atoms with Crippen LogP contribution >= 0.6 is 11.3 Å². The molecule has 1 heterocycles. The smallest absolute Gasteiger partial charge is 0.310 e. The number of ether oxygens (including phenoxy) is 1. The van der Waals surface area contributed by atoms with Gasteiger partial charge in [0, 0.05) is 22.3 Å². The molecule has 1 N–H and O–H groups in total. The van der Waals surface area contributed by atoms with Crippen molar-refractivity contribution in [2.75, 3.05) is 7.11 Å². The minimum atomic E-state index is -0.172. The predicted molar refractivity (Wildman–Crippen MR) is 80.5 cm³/mol. The van der Waals surface area contributed by atoms with Gasteiger partial charge in [-0.05, 0) is 25.5 Å². The van der Waals surface area contributed by atoms with Crippen molar-refractivity contribution in [2.24, 2.45) is 0 Å². The lowest BCUT2D eigenvalue weighted by Gasteiger charge is -2.12. The van der Waals surface area contributed by atoms with E-state index in [1.165, 1.54) is 37.7 Å². The molecular formula is C15H25NO2S. The number of unbranched alkanes of at least 4 members (excludes halogenated alkanes) is 2. The first-order chi connectivity index (χ1) is 9.15. The summed E-state index contributed by atoms with van der Waals surface area (Å²) in [5, 5.41) is 3.53. The van der Waals surface area contributed by atoms with E-state index in [9.17, 15) is 4.79 Å². The summed E-state index contributed by atoms with van der Waals surface area (Å²) >= 11 is 1.68. The highest BCUT2D eigenvalue weighted by molar-refractivity contribution is 7.12. The van der Waals surface area contributed by atoms with Gasteiger partial charge < -0.3 is 10.1 Å². The summed E-state index contributed by atoms with van der Waals surface area (Å²) in [4.78, 5) is 13.5. The van der Waals surface area contributed by atoms with E-state index >= 15 is 0 Å². The van der Waals surface area contributed by atoms with Crippen LogP contribution in [0.15, 0.2) is 12.1 Å². The molecule has 0 amide bonds. The summed E-state index contributed by atoms with van der Waals surface area (Å²) in [6, 6.07) is 4.66. The van der Waals surface area contributed by atoms with Crippen molar-refractivity contribution in [2.45, 2.75) is 58.5 Å². The van der Waals surface area contributed by atoms with Crippen LogP contribution in [0.1, 0.15) is 49.3 Å². The van der Waals surface area contributed by atoms with Gasteiger partial charge in [0.15, 0.2) is 0 Å². The molecule has 3 nitrogen and oxygen atoms in total. The van der Waals surface area contributed by atoms with Crippen molar-refractivity contribution in [3.63, 3.8) is 0 Å². The van der Waals surface area contributed by atoms with Crippen molar-refractivity contribution >= 4 is 17.3 Å². The molecule has 0 aliphatic heterocycles. The molecule has 19 heavy (non-hydrogen) atoms. The van der Waals surface area contributed by atoms with Gasteiger partial charge in [-0.2, -0.15) is 0 Å². The maximum absolute atomic E-state index is 11.2. The number of rotatable bonds is 9. The fraction of sp³-hybridized carbons (Fsp3) is 0.667. The van der Waals surface area contributed by atoms with Crippen LogP contribution in [0, 0.1) is 0 Å². The largest absolute Gasteiger partial charge is 0.469 e. The van der Waals surface area contributed by atoms with Crippen LogP contribution in [-0.2, 0) is 22.5 Å². The number of methoxy groups -OCH3 is 1. The molecule has 0 saturated carbocycles. The number of hydrogen-bond donors (Lipinski definition) is 1. The van der Waals surface area contributed by atoms with Crippen LogP contribution in [0.25, 0.3) is 0 Å². The number of nitrogens with one attached hydrogen (secondary N) is 1. The number of thiophene rings is 1. The van der Waals surface area contributed by atoms with Gasteiger partial charge in [0.25, 0.3) is 0 Å². The van der Waals surface area contributed by atoms with Crippen molar-refractivity contribution in [3.8, 4) is 0 Å². The van der Waals surface area contributed by atoms with E-state index in [0.717, 1.165) is 11.4 Å². The van der Waals surface area contributed by atoms with E-state index in [0.29, 0.717) is 12.5 Å². The first-order valence-electron chi connectivity index (χ1n) is 7.03. The zero-order valence-electron chi connectivity index (χ0n) is 12.2. The molecule has 1 aromatic heterocycles. The summed E-state index contributed by atoms with van der Waals surface area (Å²) in [5.74, 6) is -0.172. The second-order valence-electron chi connectivity index (χ2n) is 4.90. The van der Waals surface area contributed by atoms with Gasteiger partial charge in [-0.1, -0.05) is 26.2 Å². The Morgan fingerprint density at radius 1 is 1.37 bits per heavy atom. The Morgan fingerprint density at radius 3 is 2.79 bits per heavy atom. The summed E-state index contributed by atoms with van der Waals surface area (Å²) in [6.45, 7) is 5.35. The Balaban J connectivity index is 2.27. The summed E-state index contributed by atoms with van der Waals surface area (Å²) < 4.78 is 4.67. The highest BCUT2D eigenvalue weighted by Gasteiger charge is 2.07. The quantitative estimate of drug-likeness (QED) is 0.556. The molecule has 1 atom stereocenters. The van der Waals surface area contributed by atoms with Gasteiger partial charge in [-0.25, -0.2) is 0 Å². The Kier molecular flexibility index (Phi) is 7.75.